The highest BCUT2D eigenvalue weighted by Crippen LogP contribution is 2.20. The van der Waals surface area contributed by atoms with Crippen molar-refractivity contribution in [1.82, 2.24) is 4.98 Å². The van der Waals surface area contributed by atoms with Gasteiger partial charge in [-0.3, -0.25) is 0 Å². The zero-order valence-corrected chi connectivity index (χ0v) is 11.5. The van der Waals surface area contributed by atoms with Crippen LogP contribution in [0.5, 0.6) is 5.75 Å². The molecular weight excluding hydrogens is 280 g/mol. The topological polar surface area (TPSA) is 71.5 Å². The molecule has 2 aromatic rings. The normalized spacial score (nSPS) is 10.1. The fraction of sp³-hybridized carbons (Fsp3) is 0.143. The molecule has 0 aliphatic carbocycles. The number of pyridine rings is 1. The minimum atomic E-state index is -1.16. The van der Waals surface area contributed by atoms with Gasteiger partial charge in [0.05, 0.1) is 12.1 Å². The molecule has 1 aromatic carbocycles. The van der Waals surface area contributed by atoms with Gasteiger partial charge >= 0.3 is 5.97 Å². The number of rotatable bonds is 5. The molecule has 104 valence electrons. The fourth-order valence-electron chi connectivity index (χ4n) is 1.73. The summed E-state index contributed by atoms with van der Waals surface area (Å²) in [6, 6.07) is 10.7. The Bertz CT molecular complexity index is 632. The molecule has 1 heterocycles. The van der Waals surface area contributed by atoms with Gasteiger partial charge in [-0.05, 0) is 18.2 Å². The zero-order chi connectivity index (χ0) is 14.5. The Morgan fingerprint density at radius 3 is 2.80 bits per heavy atom. The van der Waals surface area contributed by atoms with Crippen molar-refractivity contribution >= 4 is 23.4 Å². The van der Waals surface area contributed by atoms with Crippen LogP contribution in [-0.4, -0.2) is 23.2 Å². The van der Waals surface area contributed by atoms with Crippen LogP contribution in [0.25, 0.3) is 0 Å². The molecule has 2 rings (SSSR count). The van der Waals surface area contributed by atoms with Gasteiger partial charge in [-0.2, -0.15) is 0 Å². The number of hydrogen-bond acceptors (Lipinski definition) is 4. The lowest BCUT2D eigenvalue weighted by atomic mass is 10.2. The van der Waals surface area contributed by atoms with E-state index in [1.54, 1.807) is 13.2 Å². The third-order valence-corrected chi connectivity index (χ3v) is 3.01. The van der Waals surface area contributed by atoms with Crippen LogP contribution < -0.4 is 10.1 Å². The molecule has 2 N–H and O–H groups in total. The highest BCUT2D eigenvalue weighted by molar-refractivity contribution is 6.33. The second-order valence-corrected chi connectivity index (χ2v) is 4.40. The number of carboxylic acids is 1. The maximum absolute atomic E-state index is 11.0. The first-order chi connectivity index (χ1) is 9.61. The Morgan fingerprint density at radius 2 is 2.10 bits per heavy atom. The number of aromatic nitrogens is 1. The monoisotopic (exact) mass is 292 g/mol. The van der Waals surface area contributed by atoms with Crippen LogP contribution in [0.1, 0.15) is 16.1 Å². The van der Waals surface area contributed by atoms with Crippen molar-refractivity contribution < 1.29 is 14.6 Å². The number of aromatic carboxylic acids is 1. The summed E-state index contributed by atoms with van der Waals surface area (Å²) in [4.78, 5) is 14.9. The molecule has 0 bridgehead atoms. The minimum Gasteiger partial charge on any atom is -0.496 e. The fourth-order valence-corrected chi connectivity index (χ4v) is 1.91. The zero-order valence-electron chi connectivity index (χ0n) is 10.8. The molecule has 0 unspecified atom stereocenters. The summed E-state index contributed by atoms with van der Waals surface area (Å²) < 4.78 is 5.24. The number of carboxylic acid groups (broad SMARTS) is 1. The Kier molecular flexibility index (Phi) is 4.42. The lowest BCUT2D eigenvalue weighted by Gasteiger charge is -2.10. The van der Waals surface area contributed by atoms with Crippen molar-refractivity contribution in [2.75, 3.05) is 12.4 Å². The lowest BCUT2D eigenvalue weighted by Crippen LogP contribution is -2.07. The van der Waals surface area contributed by atoms with Crippen LogP contribution in [0.3, 0.4) is 0 Å². The minimum absolute atomic E-state index is 0.111. The van der Waals surface area contributed by atoms with Crippen molar-refractivity contribution in [2.24, 2.45) is 0 Å². The van der Waals surface area contributed by atoms with Crippen molar-refractivity contribution in [3.63, 3.8) is 0 Å². The predicted octanol–water partition coefficient (Wildman–Crippen LogP) is 3.05. The number of carbonyl (C=O) groups is 1. The number of hydrogen-bond donors (Lipinski definition) is 2. The summed E-state index contributed by atoms with van der Waals surface area (Å²) in [6.45, 7) is 0.470. The molecule has 5 nitrogen and oxygen atoms in total. The van der Waals surface area contributed by atoms with Crippen LogP contribution in [0, 0.1) is 0 Å². The van der Waals surface area contributed by atoms with Gasteiger partial charge < -0.3 is 15.2 Å². The SMILES string of the molecule is COc1ccccc1CNc1ccc(Cl)c(C(=O)O)n1. The molecule has 0 saturated carbocycles. The van der Waals surface area contributed by atoms with Gasteiger partial charge in [-0.25, -0.2) is 9.78 Å². The van der Waals surface area contributed by atoms with Crippen molar-refractivity contribution in [3.05, 3.63) is 52.7 Å². The molecule has 1 aromatic heterocycles. The number of ether oxygens (including phenoxy) is 1. The molecule has 0 amide bonds. The number of benzene rings is 1. The largest absolute Gasteiger partial charge is 0.496 e. The van der Waals surface area contributed by atoms with Gasteiger partial charge in [0.25, 0.3) is 0 Å². The molecular formula is C14H13ClN2O3. The Hall–Kier alpha value is -2.27. The van der Waals surface area contributed by atoms with Crippen LogP contribution in [-0.2, 0) is 6.54 Å². The van der Waals surface area contributed by atoms with Gasteiger partial charge in [-0.15, -0.1) is 0 Å². The quantitative estimate of drug-likeness (QED) is 0.886. The van der Waals surface area contributed by atoms with E-state index >= 15 is 0 Å². The first-order valence-corrected chi connectivity index (χ1v) is 6.25. The van der Waals surface area contributed by atoms with E-state index in [-0.39, 0.29) is 10.7 Å². The second-order valence-electron chi connectivity index (χ2n) is 4.00. The standard InChI is InChI=1S/C14H13ClN2O3/c1-20-11-5-3-2-4-9(11)8-16-12-7-6-10(15)13(17-12)14(18)19/h2-7H,8H2,1H3,(H,16,17)(H,18,19). The molecule has 0 fully saturated rings. The molecule has 0 aliphatic rings. The Balaban J connectivity index is 2.15. The van der Waals surface area contributed by atoms with Gasteiger partial charge in [0.2, 0.25) is 0 Å². The van der Waals surface area contributed by atoms with Crippen LogP contribution in [0.4, 0.5) is 5.82 Å². The first kappa shape index (κ1) is 14.1. The third kappa shape index (κ3) is 3.19. The van der Waals surface area contributed by atoms with Crippen LogP contribution in [0.15, 0.2) is 36.4 Å². The summed E-state index contributed by atoms with van der Waals surface area (Å²) >= 11 is 5.76. The molecule has 20 heavy (non-hydrogen) atoms. The van der Waals surface area contributed by atoms with Gasteiger partial charge in [0, 0.05) is 12.1 Å². The number of nitrogens with zero attached hydrogens (tertiary/aromatic N) is 1. The van der Waals surface area contributed by atoms with E-state index in [0.29, 0.717) is 12.4 Å². The Morgan fingerprint density at radius 1 is 1.35 bits per heavy atom. The summed E-state index contributed by atoms with van der Waals surface area (Å²) in [5.74, 6) is 0.0427. The maximum atomic E-state index is 11.0. The Labute approximate surface area is 121 Å². The average Bonchev–Trinajstić information content (AvgIpc) is 2.46. The average molecular weight is 293 g/mol. The second kappa shape index (κ2) is 6.25. The molecule has 6 heteroatoms. The summed E-state index contributed by atoms with van der Waals surface area (Å²) in [5, 5.41) is 12.1. The van der Waals surface area contributed by atoms with Crippen LogP contribution >= 0.6 is 11.6 Å². The number of anilines is 1. The van der Waals surface area contributed by atoms with E-state index in [9.17, 15) is 4.79 Å². The summed E-state index contributed by atoms with van der Waals surface area (Å²) in [6.07, 6.45) is 0. The highest BCUT2D eigenvalue weighted by atomic mass is 35.5. The third-order valence-electron chi connectivity index (χ3n) is 2.70. The van der Waals surface area contributed by atoms with E-state index in [1.165, 1.54) is 6.07 Å². The number of methoxy groups -OCH3 is 1. The molecule has 0 aliphatic heterocycles. The summed E-state index contributed by atoms with van der Waals surface area (Å²) in [5.41, 5.74) is 0.778. The van der Waals surface area contributed by atoms with Crippen LogP contribution in [0.2, 0.25) is 5.02 Å². The van der Waals surface area contributed by atoms with Crippen molar-refractivity contribution in [2.45, 2.75) is 6.54 Å². The van der Waals surface area contributed by atoms with E-state index in [0.717, 1.165) is 11.3 Å². The van der Waals surface area contributed by atoms with Crippen molar-refractivity contribution in [3.8, 4) is 5.75 Å². The van der Waals surface area contributed by atoms with Gasteiger partial charge in [0.1, 0.15) is 11.6 Å². The van der Waals surface area contributed by atoms with E-state index in [2.05, 4.69) is 10.3 Å². The van der Waals surface area contributed by atoms with Gasteiger partial charge in [-0.1, -0.05) is 29.8 Å². The molecule has 0 saturated heterocycles. The summed E-state index contributed by atoms with van der Waals surface area (Å²) in [7, 11) is 1.60. The number of para-hydroxylation sites is 1. The van der Waals surface area contributed by atoms with Gasteiger partial charge in [0.15, 0.2) is 5.69 Å². The molecule has 0 atom stereocenters. The van der Waals surface area contributed by atoms with E-state index in [1.807, 2.05) is 24.3 Å². The van der Waals surface area contributed by atoms with E-state index < -0.39 is 5.97 Å². The smallest absolute Gasteiger partial charge is 0.356 e. The predicted molar refractivity (Wildman–Crippen MR) is 76.5 cm³/mol. The highest BCUT2D eigenvalue weighted by Gasteiger charge is 2.11. The number of halogens is 1. The molecule has 0 spiro atoms. The van der Waals surface area contributed by atoms with E-state index in [4.69, 9.17) is 21.4 Å². The lowest BCUT2D eigenvalue weighted by molar-refractivity contribution is 0.0691. The maximum Gasteiger partial charge on any atom is 0.356 e. The van der Waals surface area contributed by atoms with Crippen molar-refractivity contribution in [1.29, 1.82) is 0 Å². The molecule has 0 radical (unpaired) electrons. The first-order valence-electron chi connectivity index (χ1n) is 5.87. The number of nitrogens with one attached hydrogen (secondary N) is 1.